The number of imidazole rings is 1. The number of halogens is 2. The van der Waals surface area contributed by atoms with Gasteiger partial charge in [0.05, 0.1) is 18.5 Å². The van der Waals surface area contributed by atoms with Crippen molar-refractivity contribution in [2.45, 2.75) is 16.8 Å². The maximum atomic E-state index is 13.6. The van der Waals surface area contributed by atoms with Crippen LogP contribution in [0.25, 0.3) is 0 Å². The van der Waals surface area contributed by atoms with E-state index in [1.165, 1.54) is 12.3 Å². The van der Waals surface area contributed by atoms with Crippen molar-refractivity contribution >= 4 is 27.7 Å². The minimum atomic E-state index is -0.405. The standard InChI is InChI=1S/C10H9BrFN3OS/c1-15-7(5-16)4-14-10(15)17-9-8(12)2-6(11)3-13-9/h2-4,16H,5H2,1H3. The Labute approximate surface area is 110 Å². The molecule has 90 valence electrons. The first-order valence-electron chi connectivity index (χ1n) is 4.72. The Kier molecular flexibility index (Phi) is 3.80. The number of aromatic nitrogens is 3. The van der Waals surface area contributed by atoms with E-state index in [0.717, 1.165) is 11.8 Å². The molecule has 0 aromatic carbocycles. The van der Waals surface area contributed by atoms with Gasteiger partial charge in [0.15, 0.2) is 11.0 Å². The molecule has 2 heterocycles. The number of hydrogen-bond acceptors (Lipinski definition) is 4. The van der Waals surface area contributed by atoms with Crippen LogP contribution in [-0.4, -0.2) is 19.6 Å². The van der Waals surface area contributed by atoms with E-state index >= 15 is 0 Å². The van der Waals surface area contributed by atoms with E-state index < -0.39 is 5.82 Å². The molecule has 2 aromatic rings. The van der Waals surface area contributed by atoms with Gasteiger partial charge in [-0.1, -0.05) is 0 Å². The molecule has 0 aliphatic heterocycles. The molecular weight excluding hydrogens is 309 g/mol. The summed E-state index contributed by atoms with van der Waals surface area (Å²) >= 11 is 4.27. The fourth-order valence-electron chi connectivity index (χ4n) is 1.23. The Morgan fingerprint density at radius 2 is 2.24 bits per heavy atom. The van der Waals surface area contributed by atoms with E-state index in [1.807, 2.05) is 0 Å². The van der Waals surface area contributed by atoms with E-state index in [9.17, 15) is 4.39 Å². The number of aliphatic hydroxyl groups excluding tert-OH is 1. The summed E-state index contributed by atoms with van der Waals surface area (Å²) in [5.41, 5.74) is 0.671. The van der Waals surface area contributed by atoms with Crippen molar-refractivity contribution in [3.8, 4) is 0 Å². The summed E-state index contributed by atoms with van der Waals surface area (Å²) in [4.78, 5) is 8.07. The first kappa shape index (κ1) is 12.5. The maximum Gasteiger partial charge on any atom is 0.174 e. The lowest BCUT2D eigenvalue weighted by Crippen LogP contribution is -1.98. The molecule has 0 radical (unpaired) electrons. The van der Waals surface area contributed by atoms with Crippen LogP contribution in [0.1, 0.15) is 5.69 Å². The highest BCUT2D eigenvalue weighted by molar-refractivity contribution is 9.10. The Bertz CT molecular complexity index is 546. The van der Waals surface area contributed by atoms with Gasteiger partial charge in [-0.25, -0.2) is 14.4 Å². The highest BCUT2D eigenvalue weighted by Crippen LogP contribution is 2.28. The quantitative estimate of drug-likeness (QED) is 0.944. The van der Waals surface area contributed by atoms with Crippen molar-refractivity contribution in [1.82, 2.24) is 14.5 Å². The van der Waals surface area contributed by atoms with Gasteiger partial charge in [-0.3, -0.25) is 0 Å². The monoisotopic (exact) mass is 317 g/mol. The van der Waals surface area contributed by atoms with Gasteiger partial charge in [0.25, 0.3) is 0 Å². The largest absolute Gasteiger partial charge is 0.390 e. The zero-order valence-electron chi connectivity index (χ0n) is 8.89. The molecule has 2 rings (SSSR count). The smallest absolute Gasteiger partial charge is 0.174 e. The number of nitrogens with zero attached hydrogens (tertiary/aromatic N) is 3. The van der Waals surface area contributed by atoms with E-state index in [2.05, 4.69) is 25.9 Å². The van der Waals surface area contributed by atoms with Crippen LogP contribution in [0.2, 0.25) is 0 Å². The number of rotatable bonds is 3. The van der Waals surface area contributed by atoms with Crippen LogP contribution < -0.4 is 0 Å². The second-order valence-electron chi connectivity index (χ2n) is 3.29. The summed E-state index contributed by atoms with van der Waals surface area (Å²) in [6.07, 6.45) is 3.08. The van der Waals surface area contributed by atoms with Crippen molar-refractivity contribution < 1.29 is 9.50 Å². The molecule has 17 heavy (non-hydrogen) atoms. The number of pyridine rings is 1. The second-order valence-corrected chi connectivity index (χ2v) is 5.16. The first-order chi connectivity index (χ1) is 8.11. The van der Waals surface area contributed by atoms with Crippen molar-refractivity contribution in [3.63, 3.8) is 0 Å². The van der Waals surface area contributed by atoms with Crippen molar-refractivity contribution in [1.29, 1.82) is 0 Å². The Hall–Kier alpha value is -0.920. The van der Waals surface area contributed by atoms with E-state index in [0.29, 0.717) is 15.3 Å². The predicted octanol–water partition coefficient (Wildman–Crippen LogP) is 2.36. The summed E-state index contributed by atoms with van der Waals surface area (Å²) in [7, 11) is 1.76. The third-order valence-corrected chi connectivity index (χ3v) is 3.66. The van der Waals surface area contributed by atoms with E-state index in [-0.39, 0.29) is 11.6 Å². The molecular formula is C10H9BrFN3OS. The molecule has 0 spiro atoms. The topological polar surface area (TPSA) is 50.9 Å². The fraction of sp³-hybridized carbons (Fsp3) is 0.200. The van der Waals surface area contributed by atoms with Crippen LogP contribution in [0.15, 0.2) is 33.1 Å². The molecule has 0 saturated carbocycles. The van der Waals surface area contributed by atoms with Crippen molar-refractivity contribution in [2.75, 3.05) is 0 Å². The van der Waals surface area contributed by atoms with Gasteiger partial charge < -0.3 is 9.67 Å². The zero-order chi connectivity index (χ0) is 12.4. The summed E-state index contributed by atoms with van der Waals surface area (Å²) < 4.78 is 15.9. The average molecular weight is 318 g/mol. The maximum absolute atomic E-state index is 13.6. The fourth-order valence-corrected chi connectivity index (χ4v) is 2.33. The lowest BCUT2D eigenvalue weighted by Gasteiger charge is -2.04. The molecule has 0 unspecified atom stereocenters. The van der Waals surface area contributed by atoms with Crippen LogP contribution in [0, 0.1) is 5.82 Å². The average Bonchev–Trinajstić information content (AvgIpc) is 2.64. The van der Waals surface area contributed by atoms with Crippen molar-refractivity contribution in [2.24, 2.45) is 7.05 Å². The Morgan fingerprint density at radius 1 is 1.47 bits per heavy atom. The van der Waals surface area contributed by atoms with Gasteiger partial charge in [-0.15, -0.1) is 0 Å². The molecule has 0 aliphatic carbocycles. The summed E-state index contributed by atoms with van der Waals surface area (Å²) in [6, 6.07) is 1.35. The first-order valence-corrected chi connectivity index (χ1v) is 6.33. The van der Waals surface area contributed by atoms with Gasteiger partial charge in [-0.05, 0) is 33.8 Å². The zero-order valence-corrected chi connectivity index (χ0v) is 11.3. The number of aliphatic hydroxyl groups is 1. The van der Waals surface area contributed by atoms with Crippen LogP contribution in [0.4, 0.5) is 4.39 Å². The van der Waals surface area contributed by atoms with Crippen LogP contribution in [0.5, 0.6) is 0 Å². The van der Waals surface area contributed by atoms with E-state index in [1.54, 1.807) is 17.8 Å². The molecule has 0 bridgehead atoms. The molecule has 0 saturated heterocycles. The molecule has 0 atom stereocenters. The third kappa shape index (κ3) is 2.67. The highest BCUT2D eigenvalue weighted by atomic mass is 79.9. The van der Waals surface area contributed by atoms with Gasteiger partial charge in [-0.2, -0.15) is 0 Å². The normalized spacial score (nSPS) is 10.8. The van der Waals surface area contributed by atoms with Crippen LogP contribution >= 0.6 is 27.7 Å². The molecule has 1 N–H and O–H groups in total. The van der Waals surface area contributed by atoms with Crippen molar-refractivity contribution in [3.05, 3.63) is 34.4 Å². The minimum Gasteiger partial charge on any atom is -0.390 e. The predicted molar refractivity (Wildman–Crippen MR) is 65.1 cm³/mol. The third-order valence-electron chi connectivity index (χ3n) is 2.17. The Balaban J connectivity index is 2.28. The molecule has 0 fully saturated rings. The number of hydrogen-bond donors (Lipinski definition) is 1. The molecule has 0 aliphatic rings. The van der Waals surface area contributed by atoms with Crippen LogP contribution in [-0.2, 0) is 13.7 Å². The summed E-state index contributed by atoms with van der Waals surface area (Å²) in [5, 5.41) is 9.86. The minimum absolute atomic E-state index is 0.0969. The van der Waals surface area contributed by atoms with Gasteiger partial charge in [0.1, 0.15) is 5.03 Å². The molecule has 4 nitrogen and oxygen atoms in total. The second kappa shape index (κ2) is 5.16. The molecule has 0 amide bonds. The molecule has 7 heteroatoms. The summed E-state index contributed by atoms with van der Waals surface area (Å²) in [6.45, 7) is -0.0969. The Morgan fingerprint density at radius 3 is 2.82 bits per heavy atom. The van der Waals surface area contributed by atoms with Gasteiger partial charge >= 0.3 is 0 Å². The SMILES string of the molecule is Cn1c(CO)cnc1Sc1ncc(Br)cc1F. The van der Waals surface area contributed by atoms with E-state index in [4.69, 9.17) is 5.11 Å². The lowest BCUT2D eigenvalue weighted by atomic mass is 10.5. The highest BCUT2D eigenvalue weighted by Gasteiger charge is 2.12. The summed E-state index contributed by atoms with van der Waals surface area (Å²) in [5.74, 6) is -0.405. The molecule has 2 aromatic heterocycles. The van der Waals surface area contributed by atoms with Gasteiger partial charge in [0, 0.05) is 17.7 Å². The van der Waals surface area contributed by atoms with Gasteiger partial charge in [0.2, 0.25) is 0 Å². The van der Waals surface area contributed by atoms with Crippen LogP contribution in [0.3, 0.4) is 0 Å². The lowest BCUT2D eigenvalue weighted by molar-refractivity contribution is 0.271.